The van der Waals surface area contributed by atoms with E-state index in [-0.39, 0.29) is 5.92 Å². The lowest BCUT2D eigenvalue weighted by Gasteiger charge is -2.21. The summed E-state index contributed by atoms with van der Waals surface area (Å²) in [6.45, 7) is 8.37. The van der Waals surface area contributed by atoms with Crippen LogP contribution in [0.2, 0.25) is 0 Å². The van der Waals surface area contributed by atoms with Gasteiger partial charge in [0.1, 0.15) is 5.44 Å². The Morgan fingerprint density at radius 1 is 0.534 bits per heavy atom. The molecule has 3 aromatic heterocycles. The van der Waals surface area contributed by atoms with Crippen LogP contribution in [0.5, 0.6) is 0 Å². The van der Waals surface area contributed by atoms with Gasteiger partial charge in [0.25, 0.3) is 0 Å². The van der Waals surface area contributed by atoms with Crippen LogP contribution >= 0.6 is 7.60 Å². The van der Waals surface area contributed by atoms with Crippen LogP contribution in [0, 0.1) is 27.7 Å². The second-order valence-electron chi connectivity index (χ2n) is 15.2. The lowest BCUT2D eigenvalue weighted by molar-refractivity contribution is 0.286. The van der Waals surface area contributed by atoms with Gasteiger partial charge >= 0.3 is 7.60 Å². The van der Waals surface area contributed by atoms with Gasteiger partial charge in [-0.3, -0.25) is 4.57 Å². The minimum absolute atomic E-state index is 0.386. The molecular formula is C50H45N4O3P. The summed E-state index contributed by atoms with van der Waals surface area (Å²) in [5.41, 5.74) is 17.1. The highest BCUT2D eigenvalue weighted by Gasteiger charge is 2.36. The Bertz CT molecular complexity index is 2950. The first kappa shape index (κ1) is 37.3. The van der Waals surface area contributed by atoms with Crippen molar-refractivity contribution in [2.24, 2.45) is 4.99 Å². The molecule has 0 saturated carbocycles. The SMILES string of the molecule is COP(=O)(OC)c1[nH]c2cc1C(c1ccc(C)cc1)c1ccc([nH]1)/C(c1ccc(C)cc1)=C1/C=CC(=N1)/C(c1ccc(C)cc1)=c1/cc/c([nH]1)=C/2c1ccc(C)cc1. The minimum Gasteiger partial charge on any atom is -0.358 e. The average molecular weight is 781 g/mol. The van der Waals surface area contributed by atoms with E-state index in [0.717, 1.165) is 94.9 Å². The van der Waals surface area contributed by atoms with Crippen molar-refractivity contribution in [3.8, 4) is 0 Å². The fourth-order valence-electron chi connectivity index (χ4n) is 8.14. The van der Waals surface area contributed by atoms with E-state index in [1.165, 1.54) is 25.3 Å². The molecule has 3 N–H and O–H groups in total. The zero-order valence-electron chi connectivity index (χ0n) is 33.5. The maximum atomic E-state index is 14.8. The molecule has 8 heteroatoms. The molecule has 9 rings (SSSR count). The number of fused-ring (bicyclic) bond motifs is 7. The molecule has 288 valence electrons. The van der Waals surface area contributed by atoms with E-state index in [1.807, 2.05) is 0 Å². The monoisotopic (exact) mass is 780 g/mol. The summed E-state index contributed by atoms with van der Waals surface area (Å²) in [6, 6.07) is 44.8. The predicted octanol–water partition coefficient (Wildman–Crippen LogP) is 9.43. The molecule has 0 saturated heterocycles. The molecule has 0 fully saturated rings. The molecule has 4 aromatic carbocycles. The van der Waals surface area contributed by atoms with Gasteiger partial charge in [0.15, 0.2) is 0 Å². The summed E-state index contributed by atoms with van der Waals surface area (Å²) >= 11 is 0. The summed E-state index contributed by atoms with van der Waals surface area (Å²) in [7, 11) is -0.971. The summed E-state index contributed by atoms with van der Waals surface area (Å²) in [4.78, 5) is 16.7. The molecule has 8 bridgehead atoms. The van der Waals surface area contributed by atoms with Crippen LogP contribution in [0.25, 0.3) is 16.7 Å². The van der Waals surface area contributed by atoms with Crippen molar-refractivity contribution >= 4 is 35.5 Å². The van der Waals surface area contributed by atoms with Gasteiger partial charge in [-0.25, -0.2) is 4.99 Å². The van der Waals surface area contributed by atoms with Gasteiger partial charge in [-0.15, -0.1) is 0 Å². The number of nitrogens with zero attached hydrogens (tertiary/aromatic N) is 1. The number of nitrogens with one attached hydrogen (secondary N) is 3. The fourth-order valence-corrected chi connectivity index (χ4v) is 9.42. The van der Waals surface area contributed by atoms with Crippen molar-refractivity contribution in [3.05, 3.63) is 223 Å². The van der Waals surface area contributed by atoms with Crippen molar-refractivity contribution in [2.75, 3.05) is 14.2 Å². The largest absolute Gasteiger partial charge is 0.377 e. The Morgan fingerprint density at radius 3 is 1.62 bits per heavy atom. The van der Waals surface area contributed by atoms with E-state index in [0.29, 0.717) is 5.44 Å². The molecule has 2 aliphatic heterocycles. The number of aromatic nitrogens is 3. The second-order valence-corrected chi connectivity index (χ2v) is 17.4. The lowest BCUT2D eigenvalue weighted by Crippen LogP contribution is -2.20. The number of aromatic amines is 3. The summed E-state index contributed by atoms with van der Waals surface area (Å²) in [5.74, 6) is -0.386. The van der Waals surface area contributed by atoms with Crippen molar-refractivity contribution < 1.29 is 13.6 Å². The van der Waals surface area contributed by atoms with E-state index < -0.39 is 7.60 Å². The molecular weight excluding hydrogens is 736 g/mol. The van der Waals surface area contributed by atoms with Crippen LogP contribution in [-0.4, -0.2) is 34.9 Å². The number of aryl methyl sites for hydroxylation is 4. The van der Waals surface area contributed by atoms with Crippen LogP contribution in [0.1, 0.15) is 73.1 Å². The first-order chi connectivity index (χ1) is 28.1. The van der Waals surface area contributed by atoms with Crippen molar-refractivity contribution in [3.63, 3.8) is 0 Å². The number of H-pyrrole nitrogens is 3. The Labute approximate surface area is 338 Å². The average Bonchev–Trinajstić information content (AvgIpc) is 4.08. The highest BCUT2D eigenvalue weighted by Crippen LogP contribution is 2.49. The molecule has 58 heavy (non-hydrogen) atoms. The van der Waals surface area contributed by atoms with E-state index in [1.54, 1.807) is 0 Å². The zero-order valence-corrected chi connectivity index (χ0v) is 34.4. The molecule has 0 amide bonds. The van der Waals surface area contributed by atoms with Gasteiger partial charge in [-0.05, 0) is 98.0 Å². The predicted molar refractivity (Wildman–Crippen MR) is 235 cm³/mol. The maximum Gasteiger partial charge on any atom is 0.377 e. The summed E-state index contributed by atoms with van der Waals surface area (Å²) in [5, 5.41) is 1.80. The molecule has 0 aliphatic carbocycles. The van der Waals surface area contributed by atoms with E-state index >= 15 is 0 Å². The Kier molecular flexibility index (Phi) is 9.61. The highest BCUT2D eigenvalue weighted by atomic mass is 31.2. The summed E-state index contributed by atoms with van der Waals surface area (Å²) < 4.78 is 26.3. The smallest absolute Gasteiger partial charge is 0.358 e. The zero-order chi connectivity index (χ0) is 40.1. The molecule has 1 unspecified atom stereocenters. The second kappa shape index (κ2) is 14.9. The molecule has 0 spiro atoms. The minimum atomic E-state index is -3.84. The van der Waals surface area contributed by atoms with Gasteiger partial charge in [-0.1, -0.05) is 119 Å². The third kappa shape index (κ3) is 6.71. The Morgan fingerprint density at radius 2 is 1.05 bits per heavy atom. The van der Waals surface area contributed by atoms with Crippen LogP contribution in [-0.2, 0) is 13.6 Å². The molecule has 1 atom stereocenters. The third-order valence-corrected chi connectivity index (χ3v) is 13.1. The number of hydrogen-bond acceptors (Lipinski definition) is 4. The van der Waals surface area contributed by atoms with E-state index in [9.17, 15) is 4.57 Å². The van der Waals surface area contributed by atoms with Crippen molar-refractivity contribution in [1.82, 2.24) is 15.0 Å². The topological polar surface area (TPSA) is 95.3 Å². The standard InChI is InChI=1S/C50H45N4O3P/c1-30-7-15-34(16-8-30)46-38-29-45(54-50(38)58(55,56-5)57-6)49(37-21-13-33(4)14-22-37)44-28-27-43(53-44)48(36-19-11-32(3)12-20-36)42-26-25-41(52-42)47(40-24-23-39(46)51-40)35-17-9-31(2)10-18-35/h7-29,46,51,53-54H,1-6H3/b47-41-,48-43-,49-44-. The number of rotatable bonds is 7. The van der Waals surface area contributed by atoms with Crippen LogP contribution in [0.3, 0.4) is 0 Å². The van der Waals surface area contributed by atoms with E-state index in [4.69, 9.17) is 14.0 Å². The third-order valence-electron chi connectivity index (χ3n) is 11.3. The van der Waals surface area contributed by atoms with Gasteiger partial charge in [-0.2, -0.15) is 0 Å². The van der Waals surface area contributed by atoms with Crippen LogP contribution < -0.4 is 16.1 Å². The lowest BCUT2D eigenvalue weighted by atomic mass is 9.89. The van der Waals surface area contributed by atoms with Crippen molar-refractivity contribution in [2.45, 2.75) is 33.6 Å². The highest BCUT2D eigenvalue weighted by molar-refractivity contribution is 7.62. The van der Waals surface area contributed by atoms with Gasteiger partial charge < -0.3 is 24.0 Å². The number of hydrogen-bond donors (Lipinski definition) is 3. The Hall–Kier alpha value is -6.24. The Balaban J connectivity index is 1.45. The normalized spacial score (nSPS) is 18.4. The number of aliphatic imine (C=N–C) groups is 1. The van der Waals surface area contributed by atoms with Crippen LogP contribution in [0.4, 0.5) is 0 Å². The van der Waals surface area contributed by atoms with Gasteiger partial charge in [0.2, 0.25) is 0 Å². The maximum absolute atomic E-state index is 14.8. The molecule has 0 radical (unpaired) electrons. The number of benzene rings is 4. The van der Waals surface area contributed by atoms with Gasteiger partial charge in [0.05, 0.1) is 17.3 Å². The van der Waals surface area contributed by atoms with Crippen molar-refractivity contribution in [1.29, 1.82) is 0 Å². The van der Waals surface area contributed by atoms with E-state index in [2.05, 4.69) is 182 Å². The van der Waals surface area contributed by atoms with Gasteiger partial charge in [0, 0.05) is 58.7 Å². The molecule has 7 aromatic rings. The first-order valence-corrected chi connectivity index (χ1v) is 21.0. The molecule has 7 nitrogen and oxygen atoms in total. The fraction of sp³-hybridized carbons (Fsp3) is 0.140. The number of allylic oxidation sites excluding steroid dienone is 2. The molecule has 2 aliphatic rings. The quantitative estimate of drug-likeness (QED) is 0.141. The first-order valence-electron chi connectivity index (χ1n) is 19.5. The van der Waals surface area contributed by atoms with Crippen LogP contribution in [0.15, 0.2) is 150 Å². The molecule has 5 heterocycles. The summed E-state index contributed by atoms with van der Waals surface area (Å²) in [6.07, 6.45) is 4.24.